The summed E-state index contributed by atoms with van der Waals surface area (Å²) in [5.41, 5.74) is 1.35. The van der Waals surface area contributed by atoms with E-state index in [1.165, 1.54) is 0 Å². The van der Waals surface area contributed by atoms with Crippen molar-refractivity contribution in [1.29, 1.82) is 0 Å². The van der Waals surface area contributed by atoms with Gasteiger partial charge in [-0.1, -0.05) is 13.0 Å². The van der Waals surface area contributed by atoms with E-state index < -0.39 is 5.82 Å². The van der Waals surface area contributed by atoms with Crippen LogP contribution in [0.2, 0.25) is 0 Å². The van der Waals surface area contributed by atoms with E-state index in [2.05, 4.69) is 25.9 Å². The van der Waals surface area contributed by atoms with Crippen molar-refractivity contribution in [1.82, 2.24) is 9.97 Å². The Morgan fingerprint density at radius 1 is 1.38 bits per heavy atom. The molecule has 0 saturated heterocycles. The van der Waals surface area contributed by atoms with Crippen LogP contribution < -0.4 is 16.0 Å². The van der Waals surface area contributed by atoms with Crippen LogP contribution in [0.3, 0.4) is 0 Å². The molecule has 0 aliphatic heterocycles. The summed E-state index contributed by atoms with van der Waals surface area (Å²) in [4.78, 5) is 19.9. The highest BCUT2D eigenvalue weighted by molar-refractivity contribution is 5.94. The number of rotatable bonds is 8. The maximum absolute atomic E-state index is 13.9. The van der Waals surface area contributed by atoms with E-state index in [9.17, 15) is 14.3 Å². The number of amides is 1. The zero-order valence-electron chi connectivity index (χ0n) is 14.5. The number of aliphatic hydroxyl groups is 1. The van der Waals surface area contributed by atoms with Crippen molar-refractivity contribution in [3.63, 3.8) is 0 Å². The summed E-state index contributed by atoms with van der Waals surface area (Å²) in [6.45, 7) is 1.76. The molecule has 2 aromatic rings. The van der Waals surface area contributed by atoms with E-state index in [0.717, 1.165) is 19.0 Å². The molecular formula is C18H22FN5O2. The predicted molar refractivity (Wildman–Crippen MR) is 97.9 cm³/mol. The molecule has 1 heterocycles. The van der Waals surface area contributed by atoms with Crippen molar-refractivity contribution in [2.75, 3.05) is 22.6 Å². The number of aromatic nitrogens is 2. The number of aliphatic hydroxyl groups excluding tert-OH is 1. The Morgan fingerprint density at radius 2 is 2.15 bits per heavy atom. The van der Waals surface area contributed by atoms with E-state index in [-0.39, 0.29) is 36.2 Å². The van der Waals surface area contributed by atoms with Crippen LogP contribution in [0.4, 0.5) is 27.5 Å². The second kappa shape index (κ2) is 8.09. The lowest BCUT2D eigenvalue weighted by Gasteiger charge is -2.16. The molecule has 1 fully saturated rings. The highest BCUT2D eigenvalue weighted by Gasteiger charge is 2.29. The molecule has 0 spiro atoms. The fourth-order valence-electron chi connectivity index (χ4n) is 2.39. The summed E-state index contributed by atoms with van der Waals surface area (Å²) in [5.74, 6) is -0.193. The molecule has 0 bridgehead atoms. The molecule has 1 saturated carbocycles. The zero-order valence-corrected chi connectivity index (χ0v) is 14.5. The molecule has 1 atom stereocenters. The maximum Gasteiger partial charge on any atom is 0.229 e. The highest BCUT2D eigenvalue weighted by atomic mass is 19.1. The van der Waals surface area contributed by atoms with Crippen molar-refractivity contribution < 1.29 is 14.3 Å². The molecule has 1 aliphatic carbocycles. The zero-order chi connectivity index (χ0) is 18.5. The first-order chi connectivity index (χ1) is 12.6. The van der Waals surface area contributed by atoms with E-state index in [0.29, 0.717) is 17.8 Å². The Hall–Kier alpha value is -2.74. The van der Waals surface area contributed by atoms with Gasteiger partial charge in [-0.3, -0.25) is 4.79 Å². The van der Waals surface area contributed by atoms with Gasteiger partial charge in [-0.15, -0.1) is 0 Å². The van der Waals surface area contributed by atoms with Crippen LogP contribution in [0, 0.1) is 11.7 Å². The molecule has 0 radical (unpaired) electrons. The number of nitrogens with one attached hydrogen (secondary N) is 3. The van der Waals surface area contributed by atoms with Crippen molar-refractivity contribution in [3.05, 3.63) is 36.3 Å². The number of nitrogens with zero attached hydrogens (tertiary/aromatic N) is 2. The molecule has 1 aliphatic rings. The molecule has 138 valence electrons. The molecular weight excluding hydrogens is 337 g/mol. The Bertz CT molecular complexity index is 778. The second-order valence-electron chi connectivity index (χ2n) is 6.29. The fraction of sp³-hybridized carbons (Fsp3) is 0.389. The number of anilines is 4. The fourth-order valence-corrected chi connectivity index (χ4v) is 2.39. The molecule has 1 aromatic carbocycles. The van der Waals surface area contributed by atoms with Crippen LogP contribution >= 0.6 is 0 Å². The standard InChI is InChI=1S/C18H22FN5O2/c1-2-12(10-25)21-16-15(19)9-20-18(24-16)23-14-5-3-4-13(8-14)22-17(26)11-6-7-11/h3-5,8-9,11-12,25H,2,6-7,10H2,1H3,(H,22,26)(H2,20,21,23,24)/t12-/m0/s1. The number of carbonyl (C=O) groups is 1. The maximum atomic E-state index is 13.9. The van der Waals surface area contributed by atoms with Crippen LogP contribution in [-0.2, 0) is 4.79 Å². The number of halogens is 1. The molecule has 8 heteroatoms. The van der Waals surface area contributed by atoms with E-state index in [1.807, 2.05) is 6.92 Å². The summed E-state index contributed by atoms with van der Waals surface area (Å²) < 4.78 is 13.9. The normalized spacial score (nSPS) is 14.6. The molecule has 7 nitrogen and oxygen atoms in total. The smallest absolute Gasteiger partial charge is 0.229 e. The van der Waals surface area contributed by atoms with Crippen LogP contribution in [0.25, 0.3) is 0 Å². The first kappa shape index (κ1) is 18.1. The molecule has 3 rings (SSSR count). The van der Waals surface area contributed by atoms with Gasteiger partial charge in [0.1, 0.15) is 0 Å². The third-order valence-electron chi connectivity index (χ3n) is 4.13. The largest absolute Gasteiger partial charge is 0.394 e. The highest BCUT2D eigenvalue weighted by Crippen LogP contribution is 2.30. The van der Waals surface area contributed by atoms with Gasteiger partial charge in [-0.05, 0) is 37.5 Å². The number of hydrogen-bond donors (Lipinski definition) is 4. The Morgan fingerprint density at radius 3 is 2.85 bits per heavy atom. The third kappa shape index (κ3) is 4.66. The monoisotopic (exact) mass is 359 g/mol. The predicted octanol–water partition coefficient (Wildman–Crippen LogP) is 2.89. The quantitative estimate of drug-likeness (QED) is 0.578. The van der Waals surface area contributed by atoms with Crippen LogP contribution in [0.15, 0.2) is 30.5 Å². The van der Waals surface area contributed by atoms with Crippen LogP contribution in [0.1, 0.15) is 26.2 Å². The minimum atomic E-state index is -0.590. The average Bonchev–Trinajstić information content (AvgIpc) is 3.47. The second-order valence-corrected chi connectivity index (χ2v) is 6.29. The number of carbonyl (C=O) groups excluding carboxylic acids is 1. The molecule has 1 aromatic heterocycles. The lowest BCUT2D eigenvalue weighted by molar-refractivity contribution is -0.117. The van der Waals surface area contributed by atoms with Crippen LogP contribution in [-0.4, -0.2) is 33.6 Å². The van der Waals surface area contributed by atoms with Gasteiger partial charge in [0.05, 0.1) is 18.8 Å². The van der Waals surface area contributed by atoms with Gasteiger partial charge in [-0.2, -0.15) is 4.98 Å². The molecule has 1 amide bonds. The van der Waals surface area contributed by atoms with Gasteiger partial charge in [-0.25, -0.2) is 9.37 Å². The first-order valence-corrected chi connectivity index (χ1v) is 8.67. The third-order valence-corrected chi connectivity index (χ3v) is 4.13. The van der Waals surface area contributed by atoms with Crippen molar-refractivity contribution in [2.45, 2.75) is 32.2 Å². The van der Waals surface area contributed by atoms with Gasteiger partial charge in [0, 0.05) is 17.3 Å². The SMILES string of the molecule is CC[C@@H](CO)Nc1nc(Nc2cccc(NC(=O)C3CC3)c2)ncc1F. The minimum absolute atomic E-state index is 0.0290. The van der Waals surface area contributed by atoms with E-state index >= 15 is 0 Å². The van der Waals surface area contributed by atoms with Crippen molar-refractivity contribution >= 4 is 29.0 Å². The lowest BCUT2D eigenvalue weighted by atomic mass is 10.2. The summed E-state index contributed by atoms with van der Waals surface area (Å²) in [6, 6.07) is 6.88. The van der Waals surface area contributed by atoms with Crippen molar-refractivity contribution in [2.24, 2.45) is 5.92 Å². The average molecular weight is 359 g/mol. The van der Waals surface area contributed by atoms with Gasteiger partial charge in [0.2, 0.25) is 11.9 Å². The van der Waals surface area contributed by atoms with E-state index in [4.69, 9.17) is 0 Å². The summed E-state index contributed by atoms with van der Waals surface area (Å²) in [5, 5.41) is 18.0. The van der Waals surface area contributed by atoms with Gasteiger partial charge in [0.15, 0.2) is 11.6 Å². The van der Waals surface area contributed by atoms with Gasteiger partial charge in [0.25, 0.3) is 0 Å². The van der Waals surface area contributed by atoms with Crippen LogP contribution in [0.5, 0.6) is 0 Å². The summed E-state index contributed by atoms with van der Waals surface area (Å²) in [6.07, 6.45) is 3.58. The van der Waals surface area contributed by atoms with Gasteiger partial charge < -0.3 is 21.1 Å². The lowest BCUT2D eigenvalue weighted by Crippen LogP contribution is -2.24. The first-order valence-electron chi connectivity index (χ1n) is 8.67. The van der Waals surface area contributed by atoms with Crippen molar-refractivity contribution in [3.8, 4) is 0 Å². The topological polar surface area (TPSA) is 99.2 Å². The number of hydrogen-bond acceptors (Lipinski definition) is 6. The molecule has 4 N–H and O–H groups in total. The van der Waals surface area contributed by atoms with E-state index in [1.54, 1.807) is 24.3 Å². The Balaban J connectivity index is 1.71. The molecule has 0 unspecified atom stereocenters. The minimum Gasteiger partial charge on any atom is -0.394 e. The number of benzene rings is 1. The van der Waals surface area contributed by atoms with Gasteiger partial charge >= 0.3 is 0 Å². The summed E-state index contributed by atoms with van der Waals surface area (Å²) in [7, 11) is 0. The Labute approximate surface area is 151 Å². The summed E-state index contributed by atoms with van der Waals surface area (Å²) >= 11 is 0. The molecule has 26 heavy (non-hydrogen) atoms. The Kier molecular flexibility index (Phi) is 5.62.